The summed E-state index contributed by atoms with van der Waals surface area (Å²) < 4.78 is 6.82. The Kier molecular flexibility index (Phi) is 6.86. The average molecular weight is 422 g/mol. The Hall–Kier alpha value is -3.88. The lowest BCUT2D eigenvalue weighted by Gasteiger charge is -2.07. The van der Waals surface area contributed by atoms with Crippen LogP contribution in [0.5, 0.6) is 0 Å². The molecule has 0 aliphatic heterocycles. The smallest absolute Gasteiger partial charge is 0.307 e. The molecule has 162 valence electrons. The first-order chi connectivity index (χ1) is 14.9. The van der Waals surface area contributed by atoms with E-state index in [1.165, 1.54) is 0 Å². The molecular weight excluding hydrogens is 396 g/mol. The van der Waals surface area contributed by atoms with Crippen LogP contribution in [-0.4, -0.2) is 40.4 Å². The van der Waals surface area contributed by atoms with Crippen molar-refractivity contribution in [3.05, 3.63) is 59.4 Å². The van der Waals surface area contributed by atoms with Gasteiger partial charge in [0.2, 0.25) is 0 Å². The number of nitrogens with two attached hydrogens (primary N) is 1. The number of amidine groups is 1. The molecule has 5 N–H and O–H groups in total. The molecule has 2 aromatic carbocycles. The minimum atomic E-state index is -0.337. The van der Waals surface area contributed by atoms with E-state index in [0.29, 0.717) is 29.8 Å². The first-order valence-corrected chi connectivity index (χ1v) is 9.96. The standard InChI is InChI=1S/C22H26N6O3/c1-3-31-20(29)10-11-25-22(30)15-6-9-18-17(12-15)27-19(28(18)2)13-26-16-7-4-14(5-8-16)21(23)24/h4-9,12,26H,3,10-11,13H2,1-2H3,(H3,23,24)(H,25,30). The van der Waals surface area contributed by atoms with Crippen LogP contribution in [0, 0.1) is 5.41 Å². The van der Waals surface area contributed by atoms with Crippen LogP contribution in [0.2, 0.25) is 0 Å². The second kappa shape index (κ2) is 9.75. The lowest BCUT2D eigenvalue weighted by atomic mass is 10.2. The summed E-state index contributed by atoms with van der Waals surface area (Å²) in [5.74, 6) is 0.242. The van der Waals surface area contributed by atoms with Crippen LogP contribution >= 0.6 is 0 Å². The molecule has 0 spiro atoms. The number of imidazole rings is 1. The van der Waals surface area contributed by atoms with E-state index in [2.05, 4.69) is 15.6 Å². The number of nitrogens with one attached hydrogen (secondary N) is 3. The van der Waals surface area contributed by atoms with Gasteiger partial charge >= 0.3 is 5.97 Å². The summed E-state index contributed by atoms with van der Waals surface area (Å²) >= 11 is 0. The maximum absolute atomic E-state index is 12.4. The number of benzene rings is 2. The van der Waals surface area contributed by atoms with Crippen LogP contribution in [0.25, 0.3) is 11.0 Å². The van der Waals surface area contributed by atoms with E-state index < -0.39 is 0 Å². The summed E-state index contributed by atoms with van der Waals surface area (Å²) in [5, 5.41) is 13.5. The topological polar surface area (TPSA) is 135 Å². The highest BCUT2D eigenvalue weighted by Gasteiger charge is 2.12. The van der Waals surface area contributed by atoms with Crippen LogP contribution in [-0.2, 0) is 23.1 Å². The predicted octanol–water partition coefficient (Wildman–Crippen LogP) is 2.15. The number of carbonyl (C=O) groups is 2. The van der Waals surface area contributed by atoms with Gasteiger partial charge in [0.25, 0.3) is 5.91 Å². The number of carbonyl (C=O) groups excluding carboxylic acids is 2. The molecule has 0 bridgehead atoms. The number of hydrogen-bond donors (Lipinski definition) is 4. The second-order valence-electron chi connectivity index (χ2n) is 6.95. The van der Waals surface area contributed by atoms with Crippen LogP contribution in [0.3, 0.4) is 0 Å². The SMILES string of the molecule is CCOC(=O)CCNC(=O)c1ccc2c(c1)nc(CNc1ccc(C(=N)N)cc1)n2C. The van der Waals surface area contributed by atoms with E-state index in [4.69, 9.17) is 15.9 Å². The third-order valence-electron chi connectivity index (χ3n) is 4.80. The first kappa shape index (κ1) is 21.8. The number of rotatable bonds is 9. The summed E-state index contributed by atoms with van der Waals surface area (Å²) in [7, 11) is 1.92. The summed E-state index contributed by atoms with van der Waals surface area (Å²) in [6.07, 6.45) is 0.134. The van der Waals surface area contributed by atoms with E-state index >= 15 is 0 Å². The molecule has 3 aromatic rings. The average Bonchev–Trinajstić information content (AvgIpc) is 3.07. The number of aromatic nitrogens is 2. The van der Waals surface area contributed by atoms with Gasteiger partial charge in [0.05, 0.1) is 30.6 Å². The van der Waals surface area contributed by atoms with Gasteiger partial charge in [-0.25, -0.2) is 4.98 Å². The van der Waals surface area contributed by atoms with Gasteiger partial charge in [0.15, 0.2) is 0 Å². The normalized spacial score (nSPS) is 10.6. The number of ether oxygens (including phenoxy) is 1. The zero-order valence-corrected chi connectivity index (χ0v) is 17.6. The molecule has 0 aliphatic rings. The summed E-state index contributed by atoms with van der Waals surface area (Å²) in [6.45, 7) is 2.78. The molecule has 9 nitrogen and oxygen atoms in total. The third-order valence-corrected chi connectivity index (χ3v) is 4.80. The maximum Gasteiger partial charge on any atom is 0.307 e. The van der Waals surface area contributed by atoms with E-state index in [-0.39, 0.29) is 30.7 Å². The Morgan fingerprint density at radius 2 is 1.87 bits per heavy atom. The molecule has 1 heterocycles. The molecule has 0 saturated carbocycles. The van der Waals surface area contributed by atoms with Gasteiger partial charge in [-0.05, 0) is 49.4 Å². The van der Waals surface area contributed by atoms with Crippen molar-refractivity contribution in [1.82, 2.24) is 14.9 Å². The number of nitrogen functional groups attached to an aromatic ring is 1. The van der Waals surface area contributed by atoms with Crippen molar-refractivity contribution in [3.63, 3.8) is 0 Å². The summed E-state index contributed by atoms with van der Waals surface area (Å²) in [5.41, 5.74) is 9.14. The highest BCUT2D eigenvalue weighted by Crippen LogP contribution is 2.18. The van der Waals surface area contributed by atoms with Crippen molar-refractivity contribution in [3.8, 4) is 0 Å². The van der Waals surface area contributed by atoms with Gasteiger partial charge in [-0.2, -0.15) is 0 Å². The Bertz CT molecular complexity index is 1100. The van der Waals surface area contributed by atoms with Crippen molar-refractivity contribution < 1.29 is 14.3 Å². The van der Waals surface area contributed by atoms with Crippen molar-refractivity contribution in [2.24, 2.45) is 12.8 Å². The molecule has 0 atom stereocenters. The van der Waals surface area contributed by atoms with Crippen LogP contribution in [0.1, 0.15) is 35.1 Å². The minimum absolute atomic E-state index is 0.0302. The fourth-order valence-corrected chi connectivity index (χ4v) is 3.11. The van der Waals surface area contributed by atoms with E-state index in [9.17, 15) is 9.59 Å². The monoisotopic (exact) mass is 422 g/mol. The van der Waals surface area contributed by atoms with Gasteiger partial charge < -0.3 is 25.7 Å². The van der Waals surface area contributed by atoms with Crippen LogP contribution < -0.4 is 16.4 Å². The molecule has 1 aromatic heterocycles. The number of aryl methyl sites for hydroxylation is 1. The lowest BCUT2D eigenvalue weighted by molar-refractivity contribution is -0.142. The summed E-state index contributed by atoms with van der Waals surface area (Å²) in [4.78, 5) is 28.4. The molecule has 1 amide bonds. The highest BCUT2D eigenvalue weighted by atomic mass is 16.5. The number of amides is 1. The Balaban J connectivity index is 1.65. The third kappa shape index (κ3) is 5.39. The fourth-order valence-electron chi connectivity index (χ4n) is 3.11. The van der Waals surface area contributed by atoms with Gasteiger partial charge in [0, 0.05) is 30.4 Å². The second-order valence-corrected chi connectivity index (χ2v) is 6.95. The van der Waals surface area contributed by atoms with E-state index in [1.54, 1.807) is 31.2 Å². The number of hydrogen-bond acceptors (Lipinski definition) is 6. The molecule has 3 rings (SSSR count). The van der Waals surface area contributed by atoms with Gasteiger partial charge in [-0.15, -0.1) is 0 Å². The molecule has 0 unspecified atom stereocenters. The predicted molar refractivity (Wildman–Crippen MR) is 119 cm³/mol. The Morgan fingerprint density at radius 1 is 1.16 bits per heavy atom. The number of esters is 1. The van der Waals surface area contributed by atoms with Crippen LogP contribution in [0.15, 0.2) is 42.5 Å². The summed E-state index contributed by atoms with van der Waals surface area (Å²) in [6, 6.07) is 12.6. The molecule has 31 heavy (non-hydrogen) atoms. The largest absolute Gasteiger partial charge is 0.466 e. The fraction of sp³-hybridized carbons (Fsp3) is 0.273. The van der Waals surface area contributed by atoms with Gasteiger partial charge in [-0.1, -0.05) is 0 Å². The minimum Gasteiger partial charge on any atom is -0.466 e. The molecule has 0 fully saturated rings. The van der Waals surface area contributed by atoms with Crippen molar-refractivity contribution in [1.29, 1.82) is 5.41 Å². The van der Waals surface area contributed by atoms with Crippen molar-refractivity contribution in [2.45, 2.75) is 19.9 Å². The van der Waals surface area contributed by atoms with Gasteiger partial charge in [0.1, 0.15) is 11.7 Å². The zero-order chi connectivity index (χ0) is 22.4. The highest BCUT2D eigenvalue weighted by molar-refractivity contribution is 5.97. The Morgan fingerprint density at radius 3 is 2.55 bits per heavy atom. The van der Waals surface area contributed by atoms with E-state index in [1.807, 2.05) is 29.8 Å². The maximum atomic E-state index is 12.4. The first-order valence-electron chi connectivity index (χ1n) is 9.96. The number of nitrogens with zero attached hydrogens (tertiary/aromatic N) is 2. The Labute approximate surface area is 180 Å². The zero-order valence-electron chi connectivity index (χ0n) is 17.6. The number of anilines is 1. The van der Waals surface area contributed by atoms with Gasteiger partial charge in [-0.3, -0.25) is 15.0 Å². The molecule has 0 saturated heterocycles. The molecular formula is C22H26N6O3. The quantitative estimate of drug-likeness (QED) is 0.237. The molecule has 0 radical (unpaired) electrons. The van der Waals surface area contributed by atoms with E-state index in [0.717, 1.165) is 17.0 Å². The number of fused-ring (bicyclic) bond motifs is 1. The molecule has 9 heteroatoms. The lowest BCUT2D eigenvalue weighted by Crippen LogP contribution is -2.26. The molecule has 0 aliphatic carbocycles. The van der Waals surface area contributed by atoms with Crippen molar-refractivity contribution in [2.75, 3.05) is 18.5 Å². The van der Waals surface area contributed by atoms with Crippen LogP contribution in [0.4, 0.5) is 5.69 Å². The van der Waals surface area contributed by atoms with Crippen molar-refractivity contribution >= 4 is 34.4 Å².